The van der Waals surface area contributed by atoms with Crippen molar-refractivity contribution in [1.29, 1.82) is 0 Å². The maximum Gasteiger partial charge on any atom is 0.120 e. The van der Waals surface area contributed by atoms with Crippen LogP contribution in [0.5, 0.6) is 0 Å². The number of aromatic nitrogens is 3. The first kappa shape index (κ1) is 7.73. The van der Waals surface area contributed by atoms with Gasteiger partial charge in [-0.25, -0.2) is 0 Å². The zero-order chi connectivity index (χ0) is 8.39. The minimum Gasteiger partial charge on any atom is -0.306 e. The van der Waals surface area contributed by atoms with E-state index >= 15 is 0 Å². The number of rotatable bonds is 3. The highest BCUT2D eigenvalue weighted by atomic mass is 15.3. The molecular weight excluding hydrogens is 152 g/mol. The number of hydrogen-bond acceptors (Lipinski definition) is 3. The van der Waals surface area contributed by atoms with E-state index in [1.165, 1.54) is 19.3 Å². The lowest BCUT2D eigenvalue weighted by molar-refractivity contribution is 0.125. The standard InChI is InChI=1S/C8H14N4/c1-11(8-3-2-4-8)7-12-5-9-10-6-12/h5-6,8H,2-4,7H2,1H3. The van der Waals surface area contributed by atoms with Crippen molar-refractivity contribution < 1.29 is 0 Å². The molecule has 0 amide bonds. The van der Waals surface area contributed by atoms with Gasteiger partial charge in [0.2, 0.25) is 0 Å². The van der Waals surface area contributed by atoms with E-state index in [1.54, 1.807) is 12.7 Å². The molecular formula is C8H14N4. The van der Waals surface area contributed by atoms with Crippen molar-refractivity contribution in [2.75, 3.05) is 7.05 Å². The molecule has 1 aliphatic rings. The zero-order valence-corrected chi connectivity index (χ0v) is 7.35. The van der Waals surface area contributed by atoms with Gasteiger partial charge in [0.25, 0.3) is 0 Å². The Balaban J connectivity index is 1.86. The van der Waals surface area contributed by atoms with Crippen LogP contribution >= 0.6 is 0 Å². The van der Waals surface area contributed by atoms with Crippen molar-refractivity contribution in [1.82, 2.24) is 19.7 Å². The Hall–Kier alpha value is -0.900. The number of nitrogens with zero attached hydrogens (tertiary/aromatic N) is 4. The van der Waals surface area contributed by atoms with Crippen LogP contribution in [0.2, 0.25) is 0 Å². The Morgan fingerprint density at radius 1 is 1.42 bits per heavy atom. The molecule has 4 nitrogen and oxygen atoms in total. The Morgan fingerprint density at radius 2 is 2.08 bits per heavy atom. The van der Waals surface area contributed by atoms with E-state index in [-0.39, 0.29) is 0 Å². The van der Waals surface area contributed by atoms with Crippen LogP contribution < -0.4 is 0 Å². The summed E-state index contributed by atoms with van der Waals surface area (Å²) in [6.07, 6.45) is 7.60. The van der Waals surface area contributed by atoms with Crippen molar-refractivity contribution in [2.45, 2.75) is 32.0 Å². The van der Waals surface area contributed by atoms with Crippen molar-refractivity contribution >= 4 is 0 Å². The highest BCUT2D eigenvalue weighted by Crippen LogP contribution is 2.23. The lowest BCUT2D eigenvalue weighted by Crippen LogP contribution is -2.37. The van der Waals surface area contributed by atoms with Gasteiger partial charge in [-0.2, -0.15) is 0 Å². The molecule has 0 N–H and O–H groups in total. The molecule has 1 aromatic heterocycles. The predicted molar refractivity (Wildman–Crippen MR) is 45.4 cm³/mol. The van der Waals surface area contributed by atoms with Crippen molar-refractivity contribution in [3.63, 3.8) is 0 Å². The second-order valence-corrected chi connectivity index (χ2v) is 3.46. The third-order valence-corrected chi connectivity index (χ3v) is 2.55. The summed E-state index contributed by atoms with van der Waals surface area (Å²) < 4.78 is 2.00. The molecule has 1 aromatic rings. The fourth-order valence-corrected chi connectivity index (χ4v) is 1.50. The van der Waals surface area contributed by atoms with Crippen LogP contribution in [0.15, 0.2) is 12.7 Å². The first-order valence-electron chi connectivity index (χ1n) is 4.39. The van der Waals surface area contributed by atoms with E-state index in [9.17, 15) is 0 Å². The molecule has 1 aliphatic carbocycles. The lowest BCUT2D eigenvalue weighted by atomic mass is 9.92. The molecule has 1 saturated carbocycles. The largest absolute Gasteiger partial charge is 0.306 e. The van der Waals surface area contributed by atoms with Gasteiger partial charge in [-0.15, -0.1) is 10.2 Å². The van der Waals surface area contributed by atoms with E-state index in [2.05, 4.69) is 22.1 Å². The van der Waals surface area contributed by atoms with E-state index in [1.807, 2.05) is 4.57 Å². The molecule has 0 aromatic carbocycles. The van der Waals surface area contributed by atoms with E-state index in [0.717, 1.165) is 12.7 Å². The average Bonchev–Trinajstić information content (AvgIpc) is 2.34. The lowest BCUT2D eigenvalue weighted by Gasteiger charge is -2.34. The molecule has 2 rings (SSSR count). The maximum atomic E-state index is 3.76. The summed E-state index contributed by atoms with van der Waals surface area (Å²) in [5.74, 6) is 0. The molecule has 0 radical (unpaired) electrons. The van der Waals surface area contributed by atoms with Crippen LogP contribution in [0.25, 0.3) is 0 Å². The first-order chi connectivity index (χ1) is 5.86. The summed E-state index contributed by atoms with van der Waals surface area (Å²) in [4.78, 5) is 2.35. The molecule has 12 heavy (non-hydrogen) atoms. The van der Waals surface area contributed by atoms with Crippen molar-refractivity contribution in [3.8, 4) is 0 Å². The fourth-order valence-electron chi connectivity index (χ4n) is 1.50. The summed E-state index contributed by atoms with van der Waals surface area (Å²) in [5.41, 5.74) is 0. The summed E-state index contributed by atoms with van der Waals surface area (Å²) in [6.45, 7) is 0.914. The summed E-state index contributed by atoms with van der Waals surface area (Å²) in [5, 5.41) is 7.53. The summed E-state index contributed by atoms with van der Waals surface area (Å²) in [6, 6.07) is 0.785. The van der Waals surface area contributed by atoms with Crippen molar-refractivity contribution in [2.24, 2.45) is 0 Å². The second kappa shape index (κ2) is 3.23. The van der Waals surface area contributed by atoms with Gasteiger partial charge < -0.3 is 4.57 Å². The van der Waals surface area contributed by atoms with Gasteiger partial charge in [0.15, 0.2) is 0 Å². The number of hydrogen-bond donors (Lipinski definition) is 0. The predicted octanol–water partition coefficient (Wildman–Crippen LogP) is 0.720. The van der Waals surface area contributed by atoms with Crippen molar-refractivity contribution in [3.05, 3.63) is 12.7 Å². The molecule has 0 spiro atoms. The van der Waals surface area contributed by atoms with Crippen LogP contribution in [0.3, 0.4) is 0 Å². The molecule has 4 heteroatoms. The first-order valence-corrected chi connectivity index (χ1v) is 4.39. The second-order valence-electron chi connectivity index (χ2n) is 3.46. The SMILES string of the molecule is CN(Cn1cnnc1)C1CCC1. The Kier molecular flexibility index (Phi) is 2.08. The molecule has 0 saturated heterocycles. The highest BCUT2D eigenvalue weighted by molar-refractivity contribution is 4.77. The monoisotopic (exact) mass is 166 g/mol. The molecule has 0 unspecified atom stereocenters. The Labute approximate surface area is 72.2 Å². The fraction of sp³-hybridized carbons (Fsp3) is 0.750. The quantitative estimate of drug-likeness (QED) is 0.663. The van der Waals surface area contributed by atoms with Gasteiger partial charge in [-0.05, 0) is 19.9 Å². The van der Waals surface area contributed by atoms with Gasteiger partial charge in [-0.3, -0.25) is 4.90 Å². The minimum atomic E-state index is 0.785. The van der Waals surface area contributed by atoms with E-state index in [4.69, 9.17) is 0 Å². The van der Waals surface area contributed by atoms with E-state index < -0.39 is 0 Å². The molecule has 1 heterocycles. The third-order valence-electron chi connectivity index (χ3n) is 2.55. The van der Waals surface area contributed by atoms with E-state index in [0.29, 0.717) is 0 Å². The summed E-state index contributed by atoms with van der Waals surface area (Å²) in [7, 11) is 2.16. The molecule has 0 atom stereocenters. The molecule has 0 aliphatic heterocycles. The van der Waals surface area contributed by atoms with Gasteiger partial charge in [0.1, 0.15) is 12.7 Å². The normalized spacial score (nSPS) is 18.2. The minimum absolute atomic E-state index is 0.785. The molecule has 66 valence electrons. The Morgan fingerprint density at radius 3 is 2.58 bits per heavy atom. The van der Waals surface area contributed by atoms with Crippen LogP contribution in [-0.4, -0.2) is 32.8 Å². The zero-order valence-electron chi connectivity index (χ0n) is 7.35. The maximum absolute atomic E-state index is 3.76. The molecule has 1 fully saturated rings. The van der Waals surface area contributed by atoms with Crippen LogP contribution in [0, 0.1) is 0 Å². The molecule has 0 bridgehead atoms. The van der Waals surface area contributed by atoms with Gasteiger partial charge in [0.05, 0.1) is 6.67 Å². The van der Waals surface area contributed by atoms with Crippen LogP contribution in [-0.2, 0) is 6.67 Å². The smallest absolute Gasteiger partial charge is 0.120 e. The van der Waals surface area contributed by atoms with Gasteiger partial charge >= 0.3 is 0 Å². The van der Waals surface area contributed by atoms with Crippen LogP contribution in [0.1, 0.15) is 19.3 Å². The van der Waals surface area contributed by atoms with Gasteiger partial charge in [-0.1, -0.05) is 6.42 Å². The third kappa shape index (κ3) is 1.48. The van der Waals surface area contributed by atoms with Gasteiger partial charge in [0, 0.05) is 6.04 Å². The van der Waals surface area contributed by atoms with Crippen LogP contribution in [0.4, 0.5) is 0 Å². The Bertz CT molecular complexity index is 227. The highest BCUT2D eigenvalue weighted by Gasteiger charge is 2.21. The summed E-state index contributed by atoms with van der Waals surface area (Å²) >= 11 is 0. The topological polar surface area (TPSA) is 34.0 Å². The average molecular weight is 166 g/mol.